The van der Waals surface area contributed by atoms with Gasteiger partial charge in [-0.3, -0.25) is 4.79 Å². The molecule has 0 aromatic heterocycles. The van der Waals surface area contributed by atoms with E-state index in [4.69, 9.17) is 5.11 Å². The molecule has 0 saturated heterocycles. The molecule has 0 aliphatic heterocycles. The first-order chi connectivity index (χ1) is 8.70. The third-order valence-electron chi connectivity index (χ3n) is 2.84. The first-order valence-electron chi connectivity index (χ1n) is 7.05. The number of hydrogen-bond donors (Lipinski definition) is 1. The monoisotopic (exact) mass is 282 g/mol. The van der Waals surface area contributed by atoms with Gasteiger partial charge in [0.15, 0.2) is 0 Å². The van der Waals surface area contributed by atoms with E-state index in [0.717, 1.165) is 19.3 Å². The van der Waals surface area contributed by atoms with Crippen LogP contribution in [0.2, 0.25) is 0 Å². The number of aliphatic hydroxyl groups excluding tert-OH is 1. The number of esters is 2. The molecule has 108 valence electrons. The zero-order chi connectivity index (χ0) is 13.6. The maximum atomic E-state index is 11.1. The molecule has 0 rings (SSSR count). The van der Waals surface area contributed by atoms with Crippen LogP contribution in [-0.4, -0.2) is 53.2 Å². The van der Waals surface area contributed by atoms with E-state index in [1.807, 2.05) is 0 Å². The van der Waals surface area contributed by atoms with Crippen molar-refractivity contribution in [2.75, 3.05) is 6.61 Å². The predicted octanol–water partition coefficient (Wildman–Crippen LogP) is 2.32. The quantitative estimate of drug-likeness (QED) is 0.273. The maximum absolute atomic E-state index is 11.1. The van der Waals surface area contributed by atoms with Crippen molar-refractivity contribution in [1.29, 1.82) is 0 Å². The van der Waals surface area contributed by atoms with E-state index in [0.29, 0.717) is 0 Å². The van der Waals surface area contributed by atoms with Crippen LogP contribution in [0.4, 0.5) is 0 Å². The average molecular weight is 282 g/mol. The van der Waals surface area contributed by atoms with Crippen LogP contribution in [0.3, 0.4) is 0 Å². The van der Waals surface area contributed by atoms with E-state index in [-0.39, 0.29) is 36.0 Å². The second-order valence-corrected chi connectivity index (χ2v) is 4.58. The molecule has 0 aliphatic rings. The Kier molecular flexibility index (Phi) is 18.2. The van der Waals surface area contributed by atoms with Gasteiger partial charge in [-0.15, -0.1) is 0 Å². The third-order valence-corrected chi connectivity index (χ3v) is 2.84. The molecule has 0 heterocycles. The van der Waals surface area contributed by atoms with E-state index in [2.05, 4.69) is 11.7 Å². The SMILES string of the molecule is CCCCCCCCCCCC(=O)OC(=O)CO.[NaH]. The minimum atomic E-state index is -0.865. The van der Waals surface area contributed by atoms with Gasteiger partial charge in [-0.25, -0.2) is 4.79 Å². The Balaban J connectivity index is 0. The Morgan fingerprint density at radius 3 is 1.79 bits per heavy atom. The Bertz CT molecular complexity index is 231. The Labute approximate surface area is 138 Å². The second-order valence-electron chi connectivity index (χ2n) is 4.58. The molecule has 0 aliphatic carbocycles. The third kappa shape index (κ3) is 16.0. The van der Waals surface area contributed by atoms with Crippen LogP contribution in [0.15, 0.2) is 0 Å². The molecular formula is C14H27NaO4. The molecule has 0 saturated carbocycles. The zero-order valence-corrected chi connectivity index (χ0v) is 11.5. The Hall–Kier alpha value is 0.1000. The van der Waals surface area contributed by atoms with Crippen LogP contribution in [0, 0.1) is 0 Å². The van der Waals surface area contributed by atoms with Crippen molar-refractivity contribution in [1.82, 2.24) is 0 Å². The van der Waals surface area contributed by atoms with E-state index in [9.17, 15) is 9.59 Å². The van der Waals surface area contributed by atoms with Gasteiger partial charge in [0.2, 0.25) is 0 Å². The van der Waals surface area contributed by atoms with Crippen LogP contribution < -0.4 is 0 Å². The van der Waals surface area contributed by atoms with Crippen molar-refractivity contribution >= 4 is 41.5 Å². The molecule has 1 N–H and O–H groups in total. The van der Waals surface area contributed by atoms with Gasteiger partial charge in [-0.2, -0.15) is 0 Å². The van der Waals surface area contributed by atoms with Crippen LogP contribution >= 0.6 is 0 Å². The van der Waals surface area contributed by atoms with Crippen molar-refractivity contribution in [3.8, 4) is 0 Å². The molecule has 0 unspecified atom stereocenters. The summed E-state index contributed by atoms with van der Waals surface area (Å²) in [6.07, 6.45) is 10.9. The first-order valence-corrected chi connectivity index (χ1v) is 7.05. The van der Waals surface area contributed by atoms with Crippen molar-refractivity contribution in [3.05, 3.63) is 0 Å². The van der Waals surface area contributed by atoms with Gasteiger partial charge in [-0.1, -0.05) is 58.3 Å². The number of ether oxygens (including phenoxy) is 1. The summed E-state index contributed by atoms with van der Waals surface area (Å²) in [5, 5.41) is 8.39. The molecule has 19 heavy (non-hydrogen) atoms. The molecular weight excluding hydrogens is 255 g/mol. The fraction of sp³-hybridized carbons (Fsp3) is 0.857. The summed E-state index contributed by atoms with van der Waals surface area (Å²) in [7, 11) is 0. The first kappa shape index (κ1) is 21.4. The topological polar surface area (TPSA) is 63.6 Å². The number of hydrogen-bond acceptors (Lipinski definition) is 4. The molecule has 0 radical (unpaired) electrons. The number of unbranched alkanes of at least 4 members (excludes halogenated alkanes) is 8. The molecule has 0 atom stereocenters. The second kappa shape index (κ2) is 16.2. The average Bonchev–Trinajstić information content (AvgIpc) is 2.36. The summed E-state index contributed by atoms with van der Waals surface area (Å²) < 4.78 is 4.34. The van der Waals surface area contributed by atoms with Crippen LogP contribution in [0.25, 0.3) is 0 Å². The molecule has 0 spiro atoms. The number of rotatable bonds is 11. The molecule has 0 bridgehead atoms. The van der Waals surface area contributed by atoms with Crippen molar-refractivity contribution in [2.24, 2.45) is 0 Å². The summed E-state index contributed by atoms with van der Waals surface area (Å²) in [4.78, 5) is 21.7. The van der Waals surface area contributed by atoms with Crippen LogP contribution in [0.1, 0.15) is 71.1 Å². The number of carbonyl (C=O) groups excluding carboxylic acids is 2. The predicted molar refractivity (Wildman–Crippen MR) is 77.2 cm³/mol. The minimum absolute atomic E-state index is 0. The summed E-state index contributed by atoms with van der Waals surface area (Å²) in [5.74, 6) is -1.40. The molecule has 0 fully saturated rings. The normalized spacial score (nSPS) is 9.79. The standard InChI is InChI=1S/C14H26O4.Na.H/c1-2-3-4-5-6-7-8-9-10-11-13(16)18-14(17)12-15;;/h15H,2-12H2,1H3;;. The fourth-order valence-electron chi connectivity index (χ4n) is 1.79. The van der Waals surface area contributed by atoms with Gasteiger partial charge < -0.3 is 9.84 Å². The number of carbonyl (C=O) groups is 2. The zero-order valence-electron chi connectivity index (χ0n) is 11.5. The molecule has 4 nitrogen and oxygen atoms in total. The molecule has 5 heteroatoms. The van der Waals surface area contributed by atoms with Crippen LogP contribution in [0.5, 0.6) is 0 Å². The van der Waals surface area contributed by atoms with Crippen molar-refractivity contribution in [3.63, 3.8) is 0 Å². The van der Waals surface area contributed by atoms with Gasteiger partial charge in [0, 0.05) is 6.42 Å². The van der Waals surface area contributed by atoms with Crippen molar-refractivity contribution in [2.45, 2.75) is 71.1 Å². The summed E-state index contributed by atoms with van der Waals surface area (Å²) in [5.41, 5.74) is 0. The fourth-order valence-corrected chi connectivity index (χ4v) is 1.79. The van der Waals surface area contributed by atoms with Crippen molar-refractivity contribution < 1.29 is 19.4 Å². The Morgan fingerprint density at radius 1 is 0.842 bits per heavy atom. The van der Waals surface area contributed by atoms with E-state index in [1.54, 1.807) is 0 Å². The van der Waals surface area contributed by atoms with Gasteiger partial charge in [0.05, 0.1) is 0 Å². The van der Waals surface area contributed by atoms with Gasteiger partial charge in [-0.05, 0) is 6.42 Å². The van der Waals surface area contributed by atoms with Gasteiger partial charge >= 0.3 is 41.5 Å². The van der Waals surface area contributed by atoms with Crippen LogP contribution in [-0.2, 0) is 14.3 Å². The molecule has 0 aromatic rings. The van der Waals surface area contributed by atoms with Gasteiger partial charge in [0.1, 0.15) is 6.61 Å². The summed E-state index contributed by atoms with van der Waals surface area (Å²) >= 11 is 0. The summed E-state index contributed by atoms with van der Waals surface area (Å²) in [6.45, 7) is 1.48. The molecule has 0 amide bonds. The summed E-state index contributed by atoms with van der Waals surface area (Å²) in [6, 6.07) is 0. The number of aliphatic hydroxyl groups is 1. The van der Waals surface area contributed by atoms with E-state index >= 15 is 0 Å². The Morgan fingerprint density at radius 2 is 1.32 bits per heavy atom. The van der Waals surface area contributed by atoms with Gasteiger partial charge in [0.25, 0.3) is 0 Å². The molecule has 0 aromatic carbocycles. The van der Waals surface area contributed by atoms with E-state index in [1.165, 1.54) is 38.5 Å². The van der Waals surface area contributed by atoms with E-state index < -0.39 is 18.5 Å².